The van der Waals surface area contributed by atoms with Crippen molar-refractivity contribution in [3.63, 3.8) is 0 Å². The number of carboxylic acids is 1. The van der Waals surface area contributed by atoms with Crippen LogP contribution < -0.4 is 19.7 Å². The van der Waals surface area contributed by atoms with E-state index in [0.717, 1.165) is 4.90 Å². The van der Waals surface area contributed by atoms with E-state index in [0.29, 0.717) is 28.1 Å². The summed E-state index contributed by atoms with van der Waals surface area (Å²) in [6, 6.07) is 17.2. The molecule has 0 bridgehead atoms. The van der Waals surface area contributed by atoms with E-state index >= 15 is 0 Å². The lowest BCUT2D eigenvalue weighted by Crippen LogP contribution is -2.54. The van der Waals surface area contributed by atoms with Gasteiger partial charge in [0.15, 0.2) is 11.5 Å². The molecular weight excluding hydrogens is 464 g/mol. The zero-order valence-electron chi connectivity index (χ0n) is 19.5. The molecule has 1 fully saturated rings. The van der Waals surface area contributed by atoms with Gasteiger partial charge in [-0.1, -0.05) is 42.5 Å². The highest BCUT2D eigenvalue weighted by molar-refractivity contribution is 6.39. The van der Waals surface area contributed by atoms with Gasteiger partial charge in [-0.2, -0.15) is 0 Å². The van der Waals surface area contributed by atoms with Crippen LogP contribution in [0.1, 0.15) is 27.0 Å². The summed E-state index contributed by atoms with van der Waals surface area (Å²) in [4.78, 5) is 50.5. The molecule has 9 nitrogen and oxygen atoms in total. The first-order valence-electron chi connectivity index (χ1n) is 10.9. The minimum absolute atomic E-state index is 0.0738. The molecule has 9 heteroatoms. The Balaban J connectivity index is 1.68. The third-order valence-corrected chi connectivity index (χ3v) is 5.57. The minimum atomic E-state index is -1.03. The van der Waals surface area contributed by atoms with Crippen molar-refractivity contribution in [3.8, 4) is 11.5 Å². The first-order valence-corrected chi connectivity index (χ1v) is 10.9. The number of aryl methyl sites for hydroxylation is 1. The predicted molar refractivity (Wildman–Crippen MR) is 131 cm³/mol. The van der Waals surface area contributed by atoms with Crippen molar-refractivity contribution >= 4 is 35.6 Å². The third kappa shape index (κ3) is 4.80. The predicted octanol–water partition coefficient (Wildman–Crippen LogP) is 3.95. The zero-order chi connectivity index (χ0) is 25.8. The number of urea groups is 1. The lowest BCUT2D eigenvalue weighted by molar-refractivity contribution is -0.122. The van der Waals surface area contributed by atoms with Crippen LogP contribution in [0, 0.1) is 6.92 Å². The molecule has 1 saturated heterocycles. The summed E-state index contributed by atoms with van der Waals surface area (Å²) in [6.45, 7) is 1.83. The van der Waals surface area contributed by atoms with Crippen LogP contribution >= 0.6 is 0 Å². The van der Waals surface area contributed by atoms with Crippen molar-refractivity contribution in [1.29, 1.82) is 0 Å². The number of anilines is 1. The number of carbonyl (C=O) groups is 4. The molecule has 0 aromatic heterocycles. The molecule has 182 valence electrons. The maximum atomic E-state index is 13.3. The van der Waals surface area contributed by atoms with Crippen molar-refractivity contribution in [2.24, 2.45) is 0 Å². The van der Waals surface area contributed by atoms with Gasteiger partial charge < -0.3 is 14.6 Å². The van der Waals surface area contributed by atoms with E-state index in [2.05, 4.69) is 5.32 Å². The largest absolute Gasteiger partial charge is 0.493 e. The number of para-hydroxylation sites is 2. The number of methoxy groups -OCH3 is 1. The summed E-state index contributed by atoms with van der Waals surface area (Å²) >= 11 is 0. The van der Waals surface area contributed by atoms with Gasteiger partial charge in [-0.25, -0.2) is 14.5 Å². The number of hydrogen-bond donors (Lipinski definition) is 2. The van der Waals surface area contributed by atoms with Crippen LogP contribution in [-0.2, 0) is 16.2 Å². The topological polar surface area (TPSA) is 122 Å². The summed E-state index contributed by atoms with van der Waals surface area (Å²) in [5.41, 5.74) is 2.04. The summed E-state index contributed by atoms with van der Waals surface area (Å²) in [7, 11) is 1.46. The van der Waals surface area contributed by atoms with Gasteiger partial charge in [0.25, 0.3) is 11.8 Å². The molecule has 1 heterocycles. The number of carbonyl (C=O) groups excluding carboxylic acids is 3. The minimum Gasteiger partial charge on any atom is -0.493 e. The molecule has 3 aromatic rings. The van der Waals surface area contributed by atoms with Crippen LogP contribution in [0.4, 0.5) is 10.5 Å². The molecule has 2 N–H and O–H groups in total. The van der Waals surface area contributed by atoms with Crippen LogP contribution in [0.3, 0.4) is 0 Å². The zero-order valence-corrected chi connectivity index (χ0v) is 19.5. The van der Waals surface area contributed by atoms with Crippen molar-refractivity contribution < 1.29 is 33.8 Å². The Morgan fingerprint density at radius 3 is 2.39 bits per heavy atom. The standard InChI is InChI=1S/C27H22N2O7/c1-16-6-3-4-8-21(16)29-25(31)20(24(30)28-27(29)34)14-19-7-5-9-22(35-2)23(19)36-15-17-10-12-18(13-11-17)26(32)33/h3-14H,15H2,1-2H3,(H,32,33)(H,28,30,34)/b20-14+. The fourth-order valence-corrected chi connectivity index (χ4v) is 3.71. The summed E-state index contributed by atoms with van der Waals surface area (Å²) in [5, 5.41) is 11.3. The SMILES string of the molecule is COc1cccc(/C=C2\C(=O)NC(=O)N(c3ccccc3C)C2=O)c1OCc1ccc(C(=O)O)cc1. The first kappa shape index (κ1) is 24.2. The molecule has 0 saturated carbocycles. The maximum Gasteiger partial charge on any atom is 0.335 e. The molecule has 0 unspecified atom stereocenters. The first-order chi connectivity index (χ1) is 17.3. The molecule has 0 spiro atoms. The van der Waals surface area contributed by atoms with Crippen molar-refractivity contribution in [2.45, 2.75) is 13.5 Å². The number of nitrogens with one attached hydrogen (secondary N) is 1. The Morgan fingerprint density at radius 1 is 1.00 bits per heavy atom. The number of nitrogens with zero attached hydrogens (tertiary/aromatic N) is 1. The Kier molecular flexibility index (Phi) is 6.82. The Labute approximate surface area is 206 Å². The van der Waals surface area contributed by atoms with Gasteiger partial charge in [0.1, 0.15) is 12.2 Å². The molecular formula is C27H22N2O7. The Morgan fingerprint density at radius 2 is 1.72 bits per heavy atom. The number of imide groups is 2. The van der Waals surface area contributed by atoms with E-state index < -0.39 is 23.8 Å². The van der Waals surface area contributed by atoms with Gasteiger partial charge in [-0.05, 0) is 48.4 Å². The third-order valence-electron chi connectivity index (χ3n) is 5.57. The van der Waals surface area contributed by atoms with E-state index in [4.69, 9.17) is 14.6 Å². The highest BCUT2D eigenvalue weighted by Gasteiger charge is 2.37. The molecule has 0 atom stereocenters. The number of amides is 4. The number of benzene rings is 3. The van der Waals surface area contributed by atoms with Gasteiger partial charge in [0.2, 0.25) is 0 Å². The highest BCUT2D eigenvalue weighted by Crippen LogP contribution is 2.34. The Hall–Kier alpha value is -4.92. The highest BCUT2D eigenvalue weighted by atomic mass is 16.5. The van der Waals surface area contributed by atoms with Crippen molar-refractivity contribution in [2.75, 3.05) is 12.0 Å². The molecule has 3 aromatic carbocycles. The van der Waals surface area contributed by atoms with E-state index in [1.54, 1.807) is 61.5 Å². The summed E-state index contributed by atoms with van der Waals surface area (Å²) in [5.74, 6) is -1.99. The number of carboxylic acid groups (broad SMARTS) is 1. The maximum absolute atomic E-state index is 13.3. The van der Waals surface area contributed by atoms with Gasteiger partial charge >= 0.3 is 12.0 Å². The molecule has 0 radical (unpaired) electrons. The van der Waals surface area contributed by atoms with E-state index in [1.807, 2.05) is 0 Å². The number of barbiturate groups is 1. The van der Waals surface area contributed by atoms with Crippen LogP contribution in [0.5, 0.6) is 11.5 Å². The Bertz CT molecular complexity index is 1390. The van der Waals surface area contributed by atoms with Crippen molar-refractivity contribution in [3.05, 3.63) is 94.6 Å². The van der Waals surface area contributed by atoms with E-state index in [-0.39, 0.29) is 23.5 Å². The second-order valence-corrected chi connectivity index (χ2v) is 7.91. The normalized spacial score (nSPS) is 14.6. The average molecular weight is 486 g/mol. The second-order valence-electron chi connectivity index (χ2n) is 7.91. The number of aromatic carboxylic acids is 1. The number of rotatable bonds is 7. The second kappa shape index (κ2) is 10.1. The average Bonchev–Trinajstić information content (AvgIpc) is 2.86. The quantitative estimate of drug-likeness (QED) is 0.383. The monoisotopic (exact) mass is 486 g/mol. The van der Waals surface area contributed by atoms with E-state index in [9.17, 15) is 19.2 Å². The van der Waals surface area contributed by atoms with Crippen LogP contribution in [-0.4, -0.2) is 36.0 Å². The van der Waals surface area contributed by atoms with Crippen LogP contribution in [0.15, 0.2) is 72.3 Å². The lowest BCUT2D eigenvalue weighted by atomic mass is 10.0. The number of ether oxygens (including phenoxy) is 2. The van der Waals surface area contributed by atoms with Gasteiger partial charge in [0, 0.05) is 5.56 Å². The molecule has 1 aliphatic heterocycles. The van der Waals surface area contributed by atoms with Crippen molar-refractivity contribution in [1.82, 2.24) is 5.32 Å². The fourth-order valence-electron chi connectivity index (χ4n) is 3.71. The molecule has 4 amide bonds. The van der Waals surface area contributed by atoms with Crippen LogP contribution in [0.2, 0.25) is 0 Å². The summed E-state index contributed by atoms with van der Waals surface area (Å²) in [6.07, 6.45) is 1.35. The molecule has 0 aliphatic carbocycles. The molecule has 1 aliphatic rings. The van der Waals surface area contributed by atoms with Crippen LogP contribution in [0.25, 0.3) is 6.08 Å². The summed E-state index contributed by atoms with van der Waals surface area (Å²) < 4.78 is 11.4. The molecule has 4 rings (SSSR count). The van der Waals surface area contributed by atoms with Gasteiger partial charge in [0.05, 0.1) is 18.4 Å². The molecule has 36 heavy (non-hydrogen) atoms. The fraction of sp³-hybridized carbons (Fsp3) is 0.111. The number of hydrogen-bond acceptors (Lipinski definition) is 6. The van der Waals surface area contributed by atoms with E-state index in [1.165, 1.54) is 25.3 Å². The lowest BCUT2D eigenvalue weighted by Gasteiger charge is -2.27. The van der Waals surface area contributed by atoms with Gasteiger partial charge in [-0.15, -0.1) is 0 Å². The van der Waals surface area contributed by atoms with Gasteiger partial charge in [-0.3, -0.25) is 14.9 Å². The smallest absolute Gasteiger partial charge is 0.335 e.